The zero-order valence-electron chi connectivity index (χ0n) is 23.1. The van der Waals surface area contributed by atoms with Crippen LogP contribution in [-0.2, 0) is 5.41 Å². The summed E-state index contributed by atoms with van der Waals surface area (Å²) in [7, 11) is 0. The van der Waals surface area contributed by atoms with Crippen molar-refractivity contribution in [3.63, 3.8) is 0 Å². The molecule has 0 radical (unpaired) electrons. The fourth-order valence-electron chi connectivity index (χ4n) is 6.73. The molecule has 0 amide bonds. The zero-order valence-corrected chi connectivity index (χ0v) is 23.1. The van der Waals surface area contributed by atoms with Crippen LogP contribution in [0, 0.1) is 0 Å². The van der Waals surface area contributed by atoms with Crippen LogP contribution in [0.15, 0.2) is 133 Å². The minimum atomic E-state index is -0.0438. The maximum absolute atomic E-state index is 5.06. The first-order valence-corrected chi connectivity index (χ1v) is 14.2. The summed E-state index contributed by atoms with van der Waals surface area (Å²) in [6, 6.07) is 47.5. The molecule has 0 N–H and O–H groups in total. The number of rotatable bonds is 3. The van der Waals surface area contributed by atoms with E-state index in [1.165, 1.54) is 44.2 Å². The molecule has 6 aromatic carbocycles. The molecule has 0 fully saturated rings. The van der Waals surface area contributed by atoms with Crippen LogP contribution in [0.3, 0.4) is 0 Å². The number of hydrogen-bond acceptors (Lipinski definition) is 2. The van der Waals surface area contributed by atoms with Crippen molar-refractivity contribution in [2.24, 2.45) is 0 Å². The van der Waals surface area contributed by atoms with Crippen LogP contribution in [0.1, 0.15) is 25.0 Å². The molecule has 1 aliphatic rings. The van der Waals surface area contributed by atoms with Gasteiger partial charge in [0.1, 0.15) is 0 Å². The monoisotopic (exact) mass is 524 g/mol. The Hall–Kier alpha value is -5.08. The van der Waals surface area contributed by atoms with Gasteiger partial charge in [-0.05, 0) is 50.2 Å². The van der Waals surface area contributed by atoms with E-state index in [1.54, 1.807) is 0 Å². The Kier molecular flexibility index (Phi) is 5.20. The van der Waals surface area contributed by atoms with Crippen molar-refractivity contribution in [2.75, 3.05) is 0 Å². The fraction of sp³-hybridized carbons (Fsp3) is 0.0769. The molecular weight excluding hydrogens is 496 g/mol. The van der Waals surface area contributed by atoms with E-state index in [0.29, 0.717) is 0 Å². The third-order valence-corrected chi connectivity index (χ3v) is 8.68. The van der Waals surface area contributed by atoms with Crippen LogP contribution in [0.2, 0.25) is 0 Å². The molecule has 1 aromatic heterocycles. The summed E-state index contributed by atoms with van der Waals surface area (Å²) >= 11 is 0. The van der Waals surface area contributed by atoms with Gasteiger partial charge in [0.05, 0.1) is 11.2 Å². The van der Waals surface area contributed by atoms with Crippen molar-refractivity contribution >= 4 is 21.7 Å². The second-order valence-corrected chi connectivity index (χ2v) is 11.4. The Morgan fingerprint density at radius 3 is 1.98 bits per heavy atom. The molecule has 41 heavy (non-hydrogen) atoms. The molecule has 0 unspecified atom stereocenters. The normalized spacial score (nSPS) is 13.3. The molecule has 194 valence electrons. The predicted octanol–water partition coefficient (Wildman–Crippen LogP) is 10.1. The predicted molar refractivity (Wildman–Crippen MR) is 171 cm³/mol. The van der Waals surface area contributed by atoms with Gasteiger partial charge < -0.3 is 0 Å². The van der Waals surface area contributed by atoms with E-state index in [1.807, 2.05) is 18.2 Å². The van der Waals surface area contributed by atoms with Gasteiger partial charge in [0, 0.05) is 21.9 Å². The fourth-order valence-corrected chi connectivity index (χ4v) is 6.73. The van der Waals surface area contributed by atoms with Crippen molar-refractivity contribution in [1.29, 1.82) is 0 Å². The molecule has 8 rings (SSSR count). The van der Waals surface area contributed by atoms with Gasteiger partial charge in [0.25, 0.3) is 0 Å². The number of benzene rings is 6. The molecule has 2 nitrogen and oxygen atoms in total. The first-order chi connectivity index (χ1) is 20.1. The van der Waals surface area contributed by atoms with E-state index in [-0.39, 0.29) is 5.41 Å². The largest absolute Gasteiger partial charge is 0.228 e. The summed E-state index contributed by atoms with van der Waals surface area (Å²) in [6.07, 6.45) is 0. The standard InChI is InChI=1S/C39H28N2/c1-39(2)34-17-8-6-13-30(34)32-24-23-29-28(15-10-16-31(29)36(32)39)25-19-21-27(22-20-25)38-40-35-18-9-7-14-33(35)37(41-38)26-11-4-3-5-12-26/h3-24H,1-2H3. The number of para-hydroxylation sites is 1. The average molecular weight is 525 g/mol. The molecule has 0 spiro atoms. The molecule has 1 aliphatic carbocycles. The van der Waals surface area contributed by atoms with Gasteiger partial charge in [-0.3, -0.25) is 0 Å². The number of fused-ring (bicyclic) bond motifs is 6. The third-order valence-electron chi connectivity index (χ3n) is 8.68. The highest BCUT2D eigenvalue weighted by atomic mass is 14.9. The van der Waals surface area contributed by atoms with E-state index >= 15 is 0 Å². The van der Waals surface area contributed by atoms with Crippen molar-refractivity contribution in [3.05, 3.63) is 145 Å². The summed E-state index contributed by atoms with van der Waals surface area (Å²) in [5.41, 5.74) is 11.9. The van der Waals surface area contributed by atoms with Crippen molar-refractivity contribution in [2.45, 2.75) is 19.3 Å². The lowest BCUT2D eigenvalue weighted by Gasteiger charge is -2.23. The van der Waals surface area contributed by atoms with E-state index in [4.69, 9.17) is 9.97 Å². The number of nitrogens with zero attached hydrogens (tertiary/aromatic N) is 2. The summed E-state index contributed by atoms with van der Waals surface area (Å²) < 4.78 is 0. The van der Waals surface area contributed by atoms with Crippen LogP contribution in [0.5, 0.6) is 0 Å². The van der Waals surface area contributed by atoms with E-state index < -0.39 is 0 Å². The van der Waals surface area contributed by atoms with Crippen molar-refractivity contribution in [3.8, 4) is 44.9 Å². The van der Waals surface area contributed by atoms with Gasteiger partial charge in [-0.15, -0.1) is 0 Å². The van der Waals surface area contributed by atoms with Crippen LogP contribution >= 0.6 is 0 Å². The van der Waals surface area contributed by atoms with Gasteiger partial charge in [-0.2, -0.15) is 0 Å². The third kappa shape index (κ3) is 3.64. The summed E-state index contributed by atoms with van der Waals surface area (Å²) in [5, 5.41) is 3.68. The lowest BCUT2D eigenvalue weighted by Crippen LogP contribution is -2.15. The SMILES string of the molecule is CC1(C)c2ccccc2-c2ccc3c(-c4ccc(-c5nc(-c6ccccc6)c6ccccc6n5)cc4)cccc3c21. The Balaban J connectivity index is 1.24. The maximum Gasteiger partial charge on any atom is 0.160 e. The number of aromatic nitrogens is 2. The lowest BCUT2D eigenvalue weighted by molar-refractivity contribution is 0.666. The van der Waals surface area contributed by atoms with E-state index in [9.17, 15) is 0 Å². The molecule has 0 saturated heterocycles. The Bertz CT molecular complexity index is 2110. The van der Waals surface area contributed by atoms with Gasteiger partial charge in [0.2, 0.25) is 0 Å². The molecule has 0 aliphatic heterocycles. The van der Waals surface area contributed by atoms with Gasteiger partial charge >= 0.3 is 0 Å². The molecule has 7 aromatic rings. The lowest BCUT2D eigenvalue weighted by atomic mass is 9.79. The van der Waals surface area contributed by atoms with Gasteiger partial charge in [-0.25, -0.2) is 9.97 Å². The highest BCUT2D eigenvalue weighted by Crippen LogP contribution is 2.52. The van der Waals surface area contributed by atoms with Gasteiger partial charge in [-0.1, -0.05) is 141 Å². The summed E-state index contributed by atoms with van der Waals surface area (Å²) in [5.74, 6) is 0.740. The Morgan fingerprint density at radius 2 is 1.12 bits per heavy atom. The molecular formula is C39H28N2. The molecule has 0 bridgehead atoms. The molecule has 0 atom stereocenters. The molecule has 2 heteroatoms. The van der Waals surface area contributed by atoms with Crippen molar-refractivity contribution < 1.29 is 0 Å². The highest BCUT2D eigenvalue weighted by molar-refractivity contribution is 6.04. The second kappa shape index (κ2) is 8.97. The van der Waals surface area contributed by atoms with Crippen LogP contribution in [0.4, 0.5) is 0 Å². The minimum Gasteiger partial charge on any atom is -0.228 e. The first kappa shape index (κ1) is 23.8. The zero-order chi connectivity index (χ0) is 27.6. The van der Waals surface area contributed by atoms with E-state index in [2.05, 4.69) is 129 Å². The first-order valence-electron chi connectivity index (χ1n) is 14.2. The van der Waals surface area contributed by atoms with Crippen LogP contribution in [-0.4, -0.2) is 9.97 Å². The van der Waals surface area contributed by atoms with Gasteiger partial charge in [0.15, 0.2) is 5.82 Å². The Morgan fingerprint density at radius 1 is 0.439 bits per heavy atom. The van der Waals surface area contributed by atoms with Crippen LogP contribution < -0.4 is 0 Å². The quantitative estimate of drug-likeness (QED) is 0.230. The van der Waals surface area contributed by atoms with Crippen molar-refractivity contribution in [1.82, 2.24) is 9.97 Å². The smallest absolute Gasteiger partial charge is 0.160 e. The maximum atomic E-state index is 5.06. The second-order valence-electron chi connectivity index (χ2n) is 11.4. The van der Waals surface area contributed by atoms with E-state index in [0.717, 1.165) is 33.5 Å². The van der Waals surface area contributed by atoms with Crippen LogP contribution in [0.25, 0.3) is 66.6 Å². The topological polar surface area (TPSA) is 25.8 Å². The molecule has 1 heterocycles. The molecule has 0 saturated carbocycles. The number of hydrogen-bond donors (Lipinski definition) is 0. The summed E-state index contributed by atoms with van der Waals surface area (Å²) in [6.45, 7) is 4.71. The highest BCUT2D eigenvalue weighted by Gasteiger charge is 2.36. The summed E-state index contributed by atoms with van der Waals surface area (Å²) in [4.78, 5) is 10.0. The Labute approximate surface area is 240 Å². The average Bonchev–Trinajstić information content (AvgIpc) is 3.27. The minimum absolute atomic E-state index is 0.0438.